The molecule has 0 bridgehead atoms. The highest BCUT2D eigenvalue weighted by Crippen LogP contribution is 2.26. The molecule has 0 aromatic carbocycles. The molecule has 4 heteroatoms. The molecule has 1 aliphatic heterocycles. The molecule has 2 N–H and O–H groups in total. The molecule has 1 rings (SSSR count). The van der Waals surface area contributed by atoms with Gasteiger partial charge in [-0.2, -0.15) is 0 Å². The van der Waals surface area contributed by atoms with E-state index in [1.54, 1.807) is 0 Å². The Hall–Kier alpha value is -0.190. The van der Waals surface area contributed by atoms with Crippen LogP contribution in [0.15, 0.2) is 0 Å². The maximum absolute atomic E-state index is 13.3. The lowest BCUT2D eigenvalue weighted by atomic mass is 9.92. The van der Waals surface area contributed by atoms with Crippen LogP contribution in [0.25, 0.3) is 0 Å². The zero-order chi connectivity index (χ0) is 9.03. The molecule has 12 heavy (non-hydrogen) atoms. The first kappa shape index (κ1) is 9.89. The average molecular weight is 178 g/mol. The van der Waals surface area contributed by atoms with Crippen molar-refractivity contribution in [3.05, 3.63) is 0 Å². The minimum Gasteiger partial charge on any atom is -0.393 e. The average Bonchev–Trinajstić information content (AvgIpc) is 2.57. The Kier molecular flexibility index (Phi) is 3.43. The number of rotatable bonds is 4. The second-order valence-electron chi connectivity index (χ2n) is 3.40. The Morgan fingerprint density at radius 2 is 2.08 bits per heavy atom. The molecule has 0 aliphatic carbocycles. The first-order chi connectivity index (χ1) is 5.70. The molecule has 1 heterocycles. The summed E-state index contributed by atoms with van der Waals surface area (Å²) < 4.78 is 18.4. The van der Waals surface area contributed by atoms with Gasteiger partial charge >= 0.3 is 0 Å². The topological polar surface area (TPSA) is 49.7 Å². The lowest BCUT2D eigenvalue weighted by molar-refractivity contribution is -0.00335. The van der Waals surface area contributed by atoms with Crippen LogP contribution in [0.5, 0.6) is 0 Å². The summed E-state index contributed by atoms with van der Waals surface area (Å²) in [6.07, 6.45) is 1.02. The molecule has 1 atom stereocenters. The summed E-state index contributed by atoms with van der Waals surface area (Å²) in [5.74, 6) is 0.147. The predicted octanol–water partition coefficient (Wildman–Crippen LogP) is 0.106. The fourth-order valence-corrected chi connectivity index (χ4v) is 1.44. The van der Waals surface area contributed by atoms with Crippen molar-refractivity contribution >= 4 is 0 Å². The summed E-state index contributed by atoms with van der Waals surface area (Å²) in [6, 6.07) is 0. The third kappa shape index (κ3) is 2.40. The van der Waals surface area contributed by atoms with E-state index in [2.05, 4.69) is 0 Å². The summed E-state index contributed by atoms with van der Waals surface area (Å²) in [5, 5.41) is 17.3. The van der Waals surface area contributed by atoms with Gasteiger partial charge in [0.2, 0.25) is 0 Å². The number of hydrogen-bond acceptors (Lipinski definition) is 3. The van der Waals surface area contributed by atoms with Gasteiger partial charge in [-0.1, -0.05) is 0 Å². The van der Waals surface area contributed by atoms with Crippen molar-refractivity contribution in [2.24, 2.45) is 5.92 Å². The summed E-state index contributed by atoms with van der Waals surface area (Å²) in [5.41, 5.74) is -1.82. The highest BCUT2D eigenvalue weighted by Gasteiger charge is 2.33. The number of alkyl halides is 1. The Bertz CT molecular complexity index is 130. The Morgan fingerprint density at radius 1 is 1.42 bits per heavy atom. The molecule has 0 radical (unpaired) electrons. The molecule has 3 nitrogen and oxygen atoms in total. The Labute approximate surface area is 71.2 Å². The molecular formula is C8H15FO3. The van der Waals surface area contributed by atoms with E-state index in [1.165, 1.54) is 0 Å². The first-order valence-corrected chi connectivity index (χ1v) is 4.18. The van der Waals surface area contributed by atoms with Crippen molar-refractivity contribution in [3.8, 4) is 0 Å². The van der Waals surface area contributed by atoms with E-state index >= 15 is 0 Å². The molecular weight excluding hydrogens is 163 g/mol. The van der Waals surface area contributed by atoms with Gasteiger partial charge in [0.1, 0.15) is 0 Å². The molecule has 0 unspecified atom stereocenters. The summed E-state index contributed by atoms with van der Waals surface area (Å²) >= 11 is 0. The minimum absolute atomic E-state index is 0.147. The Balaban J connectivity index is 2.35. The van der Waals surface area contributed by atoms with Crippen molar-refractivity contribution in [2.75, 3.05) is 26.4 Å². The van der Waals surface area contributed by atoms with Crippen LogP contribution < -0.4 is 0 Å². The van der Waals surface area contributed by atoms with Crippen LogP contribution in [-0.2, 0) is 4.74 Å². The van der Waals surface area contributed by atoms with Gasteiger partial charge < -0.3 is 14.9 Å². The number of aliphatic hydroxyl groups excluding tert-OH is 2. The number of aliphatic hydroxyl groups is 2. The second-order valence-corrected chi connectivity index (χ2v) is 3.40. The minimum atomic E-state index is -1.82. The lowest BCUT2D eigenvalue weighted by Crippen LogP contribution is -2.35. The monoisotopic (exact) mass is 178 g/mol. The van der Waals surface area contributed by atoms with Gasteiger partial charge in [-0.25, -0.2) is 4.39 Å². The quantitative estimate of drug-likeness (QED) is 0.642. The van der Waals surface area contributed by atoms with Crippen LogP contribution in [0.3, 0.4) is 0 Å². The molecule has 0 aromatic rings. The van der Waals surface area contributed by atoms with E-state index < -0.39 is 18.9 Å². The third-order valence-electron chi connectivity index (χ3n) is 2.25. The fraction of sp³-hybridized carbons (Fsp3) is 1.00. The fourth-order valence-electron chi connectivity index (χ4n) is 1.44. The molecule has 0 spiro atoms. The molecule has 1 aliphatic rings. The van der Waals surface area contributed by atoms with Crippen LogP contribution in [-0.4, -0.2) is 42.3 Å². The third-order valence-corrected chi connectivity index (χ3v) is 2.25. The van der Waals surface area contributed by atoms with E-state index in [0.717, 1.165) is 6.42 Å². The van der Waals surface area contributed by atoms with Crippen molar-refractivity contribution in [2.45, 2.75) is 18.5 Å². The van der Waals surface area contributed by atoms with E-state index in [9.17, 15) is 4.39 Å². The van der Waals surface area contributed by atoms with Gasteiger partial charge in [0, 0.05) is 13.2 Å². The predicted molar refractivity (Wildman–Crippen MR) is 41.6 cm³/mol. The van der Waals surface area contributed by atoms with Gasteiger partial charge in [-0.3, -0.25) is 0 Å². The molecule has 72 valence electrons. The van der Waals surface area contributed by atoms with Gasteiger partial charge in [-0.05, 0) is 18.8 Å². The highest BCUT2D eigenvalue weighted by atomic mass is 19.1. The summed E-state index contributed by atoms with van der Waals surface area (Å²) in [6.45, 7) is -0.0106. The maximum atomic E-state index is 13.3. The zero-order valence-corrected chi connectivity index (χ0v) is 7.00. The lowest BCUT2D eigenvalue weighted by Gasteiger charge is -2.22. The van der Waals surface area contributed by atoms with Gasteiger partial charge in [0.05, 0.1) is 13.2 Å². The largest absolute Gasteiger partial charge is 0.393 e. The van der Waals surface area contributed by atoms with Gasteiger partial charge in [0.15, 0.2) is 5.67 Å². The maximum Gasteiger partial charge on any atom is 0.157 e. The van der Waals surface area contributed by atoms with E-state index in [-0.39, 0.29) is 12.3 Å². The van der Waals surface area contributed by atoms with Crippen molar-refractivity contribution in [1.29, 1.82) is 0 Å². The van der Waals surface area contributed by atoms with Crippen molar-refractivity contribution in [1.82, 2.24) is 0 Å². The highest BCUT2D eigenvalue weighted by molar-refractivity contribution is 4.82. The zero-order valence-electron chi connectivity index (χ0n) is 7.00. The van der Waals surface area contributed by atoms with Crippen LogP contribution in [0.4, 0.5) is 4.39 Å². The SMILES string of the molecule is OCC(F)(CO)C[C@H]1CCOC1. The standard InChI is InChI=1S/C8H15FO3/c9-8(5-10,6-11)3-7-1-2-12-4-7/h7,10-11H,1-6H2/t7-/m1/s1. The van der Waals surface area contributed by atoms with Crippen LogP contribution in [0.1, 0.15) is 12.8 Å². The van der Waals surface area contributed by atoms with E-state index in [1.807, 2.05) is 0 Å². The van der Waals surface area contributed by atoms with E-state index in [0.29, 0.717) is 13.2 Å². The Morgan fingerprint density at radius 3 is 2.50 bits per heavy atom. The van der Waals surface area contributed by atoms with Gasteiger partial charge in [-0.15, -0.1) is 0 Å². The van der Waals surface area contributed by atoms with Gasteiger partial charge in [0.25, 0.3) is 0 Å². The molecule has 1 fully saturated rings. The molecule has 1 saturated heterocycles. The number of ether oxygens (including phenoxy) is 1. The van der Waals surface area contributed by atoms with Crippen LogP contribution in [0.2, 0.25) is 0 Å². The number of halogens is 1. The van der Waals surface area contributed by atoms with Crippen LogP contribution >= 0.6 is 0 Å². The summed E-state index contributed by atoms with van der Waals surface area (Å²) in [4.78, 5) is 0. The first-order valence-electron chi connectivity index (χ1n) is 4.18. The van der Waals surface area contributed by atoms with Crippen LogP contribution in [0, 0.1) is 5.92 Å². The molecule has 0 aromatic heterocycles. The second kappa shape index (κ2) is 4.16. The van der Waals surface area contributed by atoms with Crippen molar-refractivity contribution in [3.63, 3.8) is 0 Å². The van der Waals surface area contributed by atoms with Crippen molar-refractivity contribution < 1.29 is 19.3 Å². The molecule has 0 amide bonds. The smallest absolute Gasteiger partial charge is 0.157 e. The summed E-state index contributed by atoms with van der Waals surface area (Å²) in [7, 11) is 0. The molecule has 0 saturated carbocycles. The van der Waals surface area contributed by atoms with E-state index in [4.69, 9.17) is 14.9 Å². The number of hydrogen-bond donors (Lipinski definition) is 2. The normalized spacial score (nSPS) is 24.8.